The van der Waals surface area contributed by atoms with Gasteiger partial charge in [-0.2, -0.15) is 0 Å². The smallest absolute Gasteiger partial charge is 0.0931 e. The number of H-pyrrole nitrogens is 1. The minimum atomic E-state index is 0.214. The summed E-state index contributed by atoms with van der Waals surface area (Å²) in [6, 6.07) is 6.34. The van der Waals surface area contributed by atoms with Crippen LogP contribution in [0.2, 0.25) is 0 Å². The molecule has 0 aliphatic heterocycles. The Morgan fingerprint density at radius 2 is 2.05 bits per heavy atom. The lowest BCUT2D eigenvalue weighted by molar-refractivity contribution is 0.418. The Bertz CT molecular complexity index is 510. The second-order valence-electron chi connectivity index (χ2n) is 5.96. The molecule has 4 heteroatoms. The number of imidazole rings is 1. The van der Waals surface area contributed by atoms with Crippen LogP contribution < -0.4 is 10.6 Å². The molecule has 2 aromatic rings. The molecule has 1 heterocycles. The molecule has 0 saturated heterocycles. The molecule has 4 nitrogen and oxygen atoms in total. The SMILES string of the molecule is CC(C)(C)NCCCNCc1ccc2nc[nH]c2c1. The Morgan fingerprint density at radius 3 is 2.84 bits per heavy atom. The first kappa shape index (κ1) is 14.0. The van der Waals surface area contributed by atoms with E-state index in [4.69, 9.17) is 0 Å². The zero-order valence-corrected chi connectivity index (χ0v) is 12.1. The van der Waals surface area contributed by atoms with Crippen LogP contribution in [0.1, 0.15) is 32.8 Å². The fourth-order valence-corrected chi connectivity index (χ4v) is 2.00. The standard InChI is InChI=1S/C15H24N4/c1-15(2,3)19-8-4-7-16-10-12-5-6-13-14(9-12)18-11-17-13/h5-6,9,11,16,19H,4,7-8,10H2,1-3H3,(H,17,18). The molecule has 0 saturated carbocycles. The molecule has 1 aromatic heterocycles. The third-order valence-corrected chi connectivity index (χ3v) is 3.00. The van der Waals surface area contributed by atoms with Gasteiger partial charge in [-0.15, -0.1) is 0 Å². The largest absolute Gasteiger partial charge is 0.345 e. The summed E-state index contributed by atoms with van der Waals surface area (Å²) in [5.41, 5.74) is 3.64. The Balaban J connectivity index is 1.68. The fraction of sp³-hybridized carbons (Fsp3) is 0.533. The number of aromatic amines is 1. The number of hydrogen-bond acceptors (Lipinski definition) is 3. The van der Waals surface area contributed by atoms with Crippen molar-refractivity contribution in [1.82, 2.24) is 20.6 Å². The molecule has 1 aromatic carbocycles. The van der Waals surface area contributed by atoms with Crippen molar-refractivity contribution < 1.29 is 0 Å². The molecule has 3 N–H and O–H groups in total. The van der Waals surface area contributed by atoms with E-state index in [-0.39, 0.29) is 5.54 Å². The van der Waals surface area contributed by atoms with E-state index in [9.17, 15) is 0 Å². The third kappa shape index (κ3) is 4.65. The van der Waals surface area contributed by atoms with Crippen LogP contribution >= 0.6 is 0 Å². The van der Waals surface area contributed by atoms with Crippen LogP contribution in [-0.2, 0) is 6.54 Å². The normalized spacial score (nSPS) is 12.2. The molecule has 0 aliphatic rings. The van der Waals surface area contributed by atoms with E-state index in [2.05, 4.69) is 59.6 Å². The van der Waals surface area contributed by atoms with Crippen LogP contribution in [0.4, 0.5) is 0 Å². The quantitative estimate of drug-likeness (QED) is 0.699. The van der Waals surface area contributed by atoms with Gasteiger partial charge in [-0.3, -0.25) is 0 Å². The third-order valence-electron chi connectivity index (χ3n) is 3.00. The summed E-state index contributed by atoms with van der Waals surface area (Å²) in [5.74, 6) is 0. The zero-order chi connectivity index (χ0) is 13.7. The van der Waals surface area contributed by atoms with Crippen molar-refractivity contribution in [2.45, 2.75) is 39.3 Å². The minimum absolute atomic E-state index is 0.214. The van der Waals surface area contributed by atoms with Gasteiger partial charge in [0, 0.05) is 12.1 Å². The van der Waals surface area contributed by atoms with E-state index in [1.165, 1.54) is 5.56 Å². The van der Waals surface area contributed by atoms with E-state index < -0.39 is 0 Å². The Kier molecular flexibility index (Phi) is 4.56. The molecular formula is C15H24N4. The number of aromatic nitrogens is 2. The van der Waals surface area contributed by atoms with E-state index in [1.807, 2.05) is 0 Å². The second kappa shape index (κ2) is 6.17. The molecular weight excluding hydrogens is 236 g/mol. The summed E-state index contributed by atoms with van der Waals surface area (Å²) >= 11 is 0. The Labute approximate surface area is 115 Å². The van der Waals surface area contributed by atoms with Gasteiger partial charge in [0.25, 0.3) is 0 Å². The van der Waals surface area contributed by atoms with Crippen LogP contribution in [0.15, 0.2) is 24.5 Å². The number of fused-ring (bicyclic) bond motifs is 1. The molecule has 0 unspecified atom stereocenters. The van der Waals surface area contributed by atoms with Gasteiger partial charge >= 0.3 is 0 Å². The highest BCUT2D eigenvalue weighted by Gasteiger charge is 2.06. The number of nitrogens with one attached hydrogen (secondary N) is 3. The van der Waals surface area contributed by atoms with E-state index in [0.29, 0.717) is 0 Å². The van der Waals surface area contributed by atoms with Gasteiger partial charge in [-0.25, -0.2) is 4.98 Å². The molecule has 0 spiro atoms. The van der Waals surface area contributed by atoms with Crippen LogP contribution in [0, 0.1) is 0 Å². The van der Waals surface area contributed by atoms with Crippen molar-refractivity contribution >= 4 is 11.0 Å². The first-order chi connectivity index (χ1) is 9.04. The maximum Gasteiger partial charge on any atom is 0.0931 e. The van der Waals surface area contributed by atoms with Crippen molar-refractivity contribution in [2.24, 2.45) is 0 Å². The second-order valence-corrected chi connectivity index (χ2v) is 5.96. The average molecular weight is 260 g/mol. The van der Waals surface area contributed by atoms with Crippen molar-refractivity contribution in [3.8, 4) is 0 Å². The van der Waals surface area contributed by atoms with Crippen molar-refractivity contribution in [3.05, 3.63) is 30.1 Å². The lowest BCUT2D eigenvalue weighted by Gasteiger charge is -2.20. The first-order valence-corrected chi connectivity index (χ1v) is 6.92. The number of benzene rings is 1. The van der Waals surface area contributed by atoms with Gasteiger partial charge in [0.15, 0.2) is 0 Å². The first-order valence-electron chi connectivity index (χ1n) is 6.92. The molecule has 0 fully saturated rings. The molecule has 0 aliphatic carbocycles. The lowest BCUT2D eigenvalue weighted by Crippen LogP contribution is -2.37. The van der Waals surface area contributed by atoms with Gasteiger partial charge in [0.2, 0.25) is 0 Å². The summed E-state index contributed by atoms with van der Waals surface area (Å²) in [6.45, 7) is 9.57. The predicted octanol–water partition coefficient (Wildman–Crippen LogP) is 2.43. The molecule has 0 radical (unpaired) electrons. The van der Waals surface area contributed by atoms with Gasteiger partial charge < -0.3 is 15.6 Å². The minimum Gasteiger partial charge on any atom is -0.345 e. The Morgan fingerprint density at radius 1 is 1.21 bits per heavy atom. The molecule has 104 valence electrons. The molecule has 0 atom stereocenters. The summed E-state index contributed by atoms with van der Waals surface area (Å²) in [4.78, 5) is 7.36. The average Bonchev–Trinajstić information content (AvgIpc) is 2.79. The summed E-state index contributed by atoms with van der Waals surface area (Å²) < 4.78 is 0. The highest BCUT2D eigenvalue weighted by Crippen LogP contribution is 2.11. The van der Waals surface area contributed by atoms with Gasteiger partial charge in [-0.1, -0.05) is 6.07 Å². The maximum atomic E-state index is 4.22. The molecule has 0 amide bonds. The van der Waals surface area contributed by atoms with Crippen molar-refractivity contribution in [1.29, 1.82) is 0 Å². The topological polar surface area (TPSA) is 52.7 Å². The fourth-order valence-electron chi connectivity index (χ4n) is 2.00. The summed E-state index contributed by atoms with van der Waals surface area (Å²) in [7, 11) is 0. The van der Waals surface area contributed by atoms with Crippen molar-refractivity contribution in [3.63, 3.8) is 0 Å². The lowest BCUT2D eigenvalue weighted by atomic mass is 10.1. The highest BCUT2D eigenvalue weighted by molar-refractivity contribution is 5.74. The van der Waals surface area contributed by atoms with Gasteiger partial charge in [0.1, 0.15) is 0 Å². The van der Waals surface area contributed by atoms with Gasteiger partial charge in [-0.05, 0) is 58.0 Å². The maximum absolute atomic E-state index is 4.22. The summed E-state index contributed by atoms with van der Waals surface area (Å²) in [5, 5.41) is 6.96. The van der Waals surface area contributed by atoms with E-state index in [0.717, 1.165) is 37.1 Å². The molecule has 2 rings (SSSR count). The number of hydrogen-bond donors (Lipinski definition) is 3. The summed E-state index contributed by atoms with van der Waals surface area (Å²) in [6.07, 6.45) is 2.88. The van der Waals surface area contributed by atoms with Crippen LogP contribution in [0.5, 0.6) is 0 Å². The monoisotopic (exact) mass is 260 g/mol. The van der Waals surface area contributed by atoms with Crippen LogP contribution in [0.3, 0.4) is 0 Å². The zero-order valence-electron chi connectivity index (χ0n) is 12.1. The van der Waals surface area contributed by atoms with E-state index >= 15 is 0 Å². The Hall–Kier alpha value is -1.39. The highest BCUT2D eigenvalue weighted by atomic mass is 14.9. The van der Waals surface area contributed by atoms with Crippen LogP contribution in [0.25, 0.3) is 11.0 Å². The van der Waals surface area contributed by atoms with Crippen LogP contribution in [-0.4, -0.2) is 28.6 Å². The number of nitrogens with zero attached hydrogens (tertiary/aromatic N) is 1. The number of rotatable bonds is 6. The predicted molar refractivity (Wildman–Crippen MR) is 80.2 cm³/mol. The van der Waals surface area contributed by atoms with Gasteiger partial charge in [0.05, 0.1) is 17.4 Å². The van der Waals surface area contributed by atoms with Crippen molar-refractivity contribution in [2.75, 3.05) is 13.1 Å². The molecule has 0 bridgehead atoms. The van der Waals surface area contributed by atoms with E-state index in [1.54, 1.807) is 6.33 Å². The molecule has 19 heavy (non-hydrogen) atoms.